The lowest BCUT2D eigenvalue weighted by Gasteiger charge is -2.62. The van der Waals surface area contributed by atoms with Gasteiger partial charge >= 0.3 is 5.97 Å². The minimum atomic E-state index is -0.104. The molecule has 0 aliphatic heterocycles. The Balaban J connectivity index is 1.53. The number of Topliss-reactive ketones (excluding diaryl/α,β-unsaturated/α-hetero) is 2. The molecule has 4 saturated carbocycles. The predicted octanol–water partition coefficient (Wildman–Crippen LogP) is 7.57. The van der Waals surface area contributed by atoms with Crippen molar-refractivity contribution in [3.05, 3.63) is 0 Å². The summed E-state index contributed by atoms with van der Waals surface area (Å²) in [6.45, 7) is 13.5. The van der Waals surface area contributed by atoms with Crippen molar-refractivity contribution in [3.8, 4) is 0 Å². The number of esters is 1. The summed E-state index contributed by atoms with van der Waals surface area (Å²) in [5.41, 5.74) is 0.394. The van der Waals surface area contributed by atoms with E-state index in [-0.39, 0.29) is 34.7 Å². The molecule has 0 radical (unpaired) electrons. The average molecular weight is 501 g/mol. The monoisotopic (exact) mass is 500 g/mol. The van der Waals surface area contributed by atoms with Crippen LogP contribution < -0.4 is 0 Å². The van der Waals surface area contributed by atoms with E-state index in [0.29, 0.717) is 54.0 Å². The molecule has 0 heterocycles. The first kappa shape index (κ1) is 27.8. The van der Waals surface area contributed by atoms with Crippen LogP contribution in [0, 0.1) is 52.3 Å². The van der Waals surface area contributed by atoms with Crippen LogP contribution in [0.1, 0.15) is 125 Å². The minimum absolute atomic E-state index is 0.0186. The first-order valence-corrected chi connectivity index (χ1v) is 15.4. The second-order valence-corrected chi connectivity index (χ2v) is 13.5. The number of carbonyl (C=O) groups excluding carboxylic acids is 3. The maximum Gasteiger partial charge on any atom is 0.305 e. The number of hydrogen-bond acceptors (Lipinski definition) is 4. The molecule has 0 aromatic rings. The molecule has 0 aromatic carbocycles. The molecule has 0 aromatic heterocycles. The van der Waals surface area contributed by atoms with Gasteiger partial charge in [-0.05, 0) is 105 Å². The summed E-state index contributed by atoms with van der Waals surface area (Å²) >= 11 is 0. The summed E-state index contributed by atoms with van der Waals surface area (Å²) in [5.74, 6) is 3.62. The van der Waals surface area contributed by atoms with E-state index in [9.17, 15) is 14.4 Å². The van der Waals surface area contributed by atoms with Crippen molar-refractivity contribution < 1.29 is 19.1 Å². The quantitative estimate of drug-likeness (QED) is 0.306. The summed E-state index contributed by atoms with van der Waals surface area (Å²) in [6, 6.07) is 0. The van der Waals surface area contributed by atoms with E-state index >= 15 is 0 Å². The van der Waals surface area contributed by atoms with Gasteiger partial charge < -0.3 is 4.74 Å². The highest BCUT2D eigenvalue weighted by Crippen LogP contribution is 2.68. The normalized spacial score (nSPS) is 42.7. The average Bonchev–Trinajstić information content (AvgIpc) is 3.21. The van der Waals surface area contributed by atoms with Crippen molar-refractivity contribution >= 4 is 17.5 Å². The van der Waals surface area contributed by atoms with Crippen LogP contribution in [0.25, 0.3) is 0 Å². The number of ketones is 2. The molecule has 0 spiro atoms. The Kier molecular flexibility index (Phi) is 8.42. The maximum atomic E-state index is 14.3. The number of ether oxygens (including phenoxy) is 1. The standard InChI is InChI=1S/C32H52O4/c1-7-10-21(33)12-11-20(4)24-13-14-25-29-26(16-18-31(24,25)5)32(6)17-15-22(36-28(34)9-3)19-27(32)23(8-2)30(29)35/h20,22-27,29H,7-19H2,1-6H3/t20-,22-,23-,24?,25?,26?,27?,29?,31?,32?/m1/s1. The molecule has 36 heavy (non-hydrogen) atoms. The van der Waals surface area contributed by atoms with Crippen LogP contribution in [0.5, 0.6) is 0 Å². The van der Waals surface area contributed by atoms with Gasteiger partial charge in [0.25, 0.3) is 0 Å². The van der Waals surface area contributed by atoms with Crippen molar-refractivity contribution in [1.29, 1.82) is 0 Å². The van der Waals surface area contributed by atoms with Crippen LogP contribution in [-0.4, -0.2) is 23.6 Å². The molecule has 0 N–H and O–H groups in total. The molecule has 4 rings (SSSR count). The number of fused-ring (bicyclic) bond motifs is 5. The van der Waals surface area contributed by atoms with Gasteiger partial charge in [0.1, 0.15) is 17.7 Å². The third kappa shape index (κ3) is 4.73. The summed E-state index contributed by atoms with van der Waals surface area (Å²) in [5, 5.41) is 0. The number of carbonyl (C=O) groups is 3. The number of rotatable bonds is 9. The molecule has 7 unspecified atom stereocenters. The van der Waals surface area contributed by atoms with Crippen LogP contribution in [0.4, 0.5) is 0 Å². The molecule has 0 saturated heterocycles. The van der Waals surface area contributed by atoms with E-state index in [0.717, 1.165) is 51.4 Å². The van der Waals surface area contributed by atoms with Crippen molar-refractivity contribution in [1.82, 2.24) is 0 Å². The summed E-state index contributed by atoms with van der Waals surface area (Å²) < 4.78 is 5.81. The van der Waals surface area contributed by atoms with Crippen LogP contribution in [-0.2, 0) is 19.1 Å². The molecule has 204 valence electrons. The zero-order chi connectivity index (χ0) is 26.3. The third-order valence-electron chi connectivity index (χ3n) is 11.9. The van der Waals surface area contributed by atoms with Crippen LogP contribution in [0.3, 0.4) is 0 Å². The third-order valence-corrected chi connectivity index (χ3v) is 11.9. The van der Waals surface area contributed by atoms with E-state index < -0.39 is 0 Å². The molecular formula is C32H52O4. The molecule has 4 fully saturated rings. The first-order chi connectivity index (χ1) is 17.1. The Bertz CT molecular complexity index is 834. The fraction of sp³-hybridized carbons (Fsp3) is 0.906. The zero-order valence-corrected chi connectivity index (χ0v) is 23.9. The fourth-order valence-corrected chi connectivity index (χ4v) is 9.96. The SMILES string of the molecule is CCCC(=O)CC[C@@H](C)C1CCC2C3C(=O)[C@H](CC)C4C[C@H](OC(=O)CC)CCC4(C)C3CCC21C. The van der Waals surface area contributed by atoms with Gasteiger partial charge in [-0.15, -0.1) is 0 Å². The van der Waals surface area contributed by atoms with E-state index in [1.54, 1.807) is 0 Å². The van der Waals surface area contributed by atoms with Crippen molar-refractivity contribution in [2.45, 2.75) is 131 Å². The summed E-state index contributed by atoms with van der Waals surface area (Å²) in [6.07, 6.45) is 12.3. The van der Waals surface area contributed by atoms with Gasteiger partial charge in [0.15, 0.2) is 0 Å². The van der Waals surface area contributed by atoms with Gasteiger partial charge in [-0.3, -0.25) is 14.4 Å². The second-order valence-electron chi connectivity index (χ2n) is 13.5. The maximum absolute atomic E-state index is 14.3. The molecule has 0 amide bonds. The van der Waals surface area contributed by atoms with Crippen LogP contribution >= 0.6 is 0 Å². The Morgan fingerprint density at radius 2 is 1.64 bits per heavy atom. The van der Waals surface area contributed by atoms with Crippen molar-refractivity contribution in [3.63, 3.8) is 0 Å². The van der Waals surface area contributed by atoms with Gasteiger partial charge in [-0.1, -0.05) is 41.5 Å². The molecule has 4 nitrogen and oxygen atoms in total. The zero-order valence-electron chi connectivity index (χ0n) is 23.9. The van der Waals surface area contributed by atoms with Crippen LogP contribution in [0.2, 0.25) is 0 Å². The minimum Gasteiger partial charge on any atom is -0.462 e. The Hall–Kier alpha value is -1.19. The largest absolute Gasteiger partial charge is 0.462 e. The Labute approximate surface area is 220 Å². The lowest BCUT2D eigenvalue weighted by molar-refractivity contribution is -0.179. The lowest BCUT2D eigenvalue weighted by Crippen LogP contribution is -2.60. The highest BCUT2D eigenvalue weighted by molar-refractivity contribution is 5.86. The molecule has 0 bridgehead atoms. The Morgan fingerprint density at radius 3 is 2.31 bits per heavy atom. The smallest absolute Gasteiger partial charge is 0.305 e. The van der Waals surface area contributed by atoms with Gasteiger partial charge in [-0.2, -0.15) is 0 Å². The van der Waals surface area contributed by atoms with Crippen molar-refractivity contribution in [2.75, 3.05) is 0 Å². The van der Waals surface area contributed by atoms with E-state index in [2.05, 4.69) is 34.6 Å². The number of hydrogen-bond donors (Lipinski definition) is 0. The van der Waals surface area contributed by atoms with Crippen LogP contribution in [0.15, 0.2) is 0 Å². The van der Waals surface area contributed by atoms with Gasteiger partial charge in [0.05, 0.1) is 0 Å². The molecule has 4 heteroatoms. The lowest BCUT2D eigenvalue weighted by atomic mass is 9.42. The highest BCUT2D eigenvalue weighted by atomic mass is 16.5. The van der Waals surface area contributed by atoms with E-state index in [4.69, 9.17) is 4.74 Å². The topological polar surface area (TPSA) is 60.4 Å². The van der Waals surface area contributed by atoms with E-state index in [1.807, 2.05) is 6.92 Å². The first-order valence-electron chi connectivity index (χ1n) is 15.4. The van der Waals surface area contributed by atoms with Gasteiger partial charge in [0, 0.05) is 31.1 Å². The second kappa shape index (κ2) is 10.9. The molecule has 4 aliphatic rings. The summed E-state index contributed by atoms with van der Waals surface area (Å²) in [4.78, 5) is 38.5. The van der Waals surface area contributed by atoms with E-state index in [1.165, 1.54) is 19.3 Å². The highest BCUT2D eigenvalue weighted by Gasteiger charge is 2.65. The van der Waals surface area contributed by atoms with Gasteiger partial charge in [-0.25, -0.2) is 0 Å². The fourth-order valence-electron chi connectivity index (χ4n) is 9.96. The molecule has 4 aliphatic carbocycles. The van der Waals surface area contributed by atoms with Gasteiger partial charge in [0.2, 0.25) is 0 Å². The Morgan fingerprint density at radius 1 is 0.944 bits per heavy atom. The molecular weight excluding hydrogens is 448 g/mol. The summed E-state index contributed by atoms with van der Waals surface area (Å²) in [7, 11) is 0. The van der Waals surface area contributed by atoms with Crippen molar-refractivity contribution in [2.24, 2.45) is 52.3 Å². The predicted molar refractivity (Wildman–Crippen MR) is 143 cm³/mol. The molecule has 10 atom stereocenters.